The molecule has 6 nitrogen and oxygen atoms in total. The number of rotatable bonds is 2. The number of amides is 1. The maximum absolute atomic E-state index is 11.7. The molecule has 1 N–H and O–H groups in total. The Morgan fingerprint density at radius 2 is 2.06 bits per heavy atom. The lowest BCUT2D eigenvalue weighted by atomic mass is 9.70. The highest BCUT2D eigenvalue weighted by atomic mass is 16.6. The van der Waals surface area contributed by atoms with Crippen LogP contribution in [0.5, 0.6) is 0 Å². The lowest BCUT2D eigenvalue weighted by Gasteiger charge is -2.59. The summed E-state index contributed by atoms with van der Waals surface area (Å²) < 4.78 is 10.5. The van der Waals surface area contributed by atoms with E-state index in [1.54, 1.807) is 4.90 Å². The van der Waals surface area contributed by atoms with Gasteiger partial charge in [-0.15, -0.1) is 0 Å². The van der Waals surface area contributed by atoms with E-state index in [0.717, 1.165) is 0 Å². The summed E-state index contributed by atoms with van der Waals surface area (Å²) in [5, 5.41) is 8.74. The Morgan fingerprint density at radius 3 is 2.44 bits per heavy atom. The van der Waals surface area contributed by atoms with E-state index < -0.39 is 11.6 Å². The van der Waals surface area contributed by atoms with Crippen LogP contribution in [0.15, 0.2) is 0 Å². The Balaban J connectivity index is 1.83. The first-order valence-electron chi connectivity index (χ1n) is 6.03. The second-order valence-corrected chi connectivity index (χ2v) is 6.10. The van der Waals surface area contributed by atoms with Crippen molar-refractivity contribution >= 4 is 12.1 Å². The van der Waals surface area contributed by atoms with Gasteiger partial charge in [-0.25, -0.2) is 4.79 Å². The lowest BCUT2D eigenvalue weighted by Crippen LogP contribution is -2.72. The topological polar surface area (TPSA) is 76.1 Å². The van der Waals surface area contributed by atoms with Crippen LogP contribution >= 0.6 is 0 Å². The summed E-state index contributed by atoms with van der Waals surface area (Å²) in [4.78, 5) is 24.0. The van der Waals surface area contributed by atoms with Gasteiger partial charge >= 0.3 is 12.1 Å². The first-order chi connectivity index (χ1) is 8.22. The van der Waals surface area contributed by atoms with Gasteiger partial charge in [0.25, 0.3) is 0 Å². The van der Waals surface area contributed by atoms with Crippen molar-refractivity contribution in [3.63, 3.8) is 0 Å². The van der Waals surface area contributed by atoms with E-state index in [9.17, 15) is 9.59 Å². The number of ether oxygens (including phenoxy) is 2. The highest BCUT2D eigenvalue weighted by Crippen LogP contribution is 2.45. The molecule has 1 atom stereocenters. The zero-order valence-corrected chi connectivity index (χ0v) is 10.9. The summed E-state index contributed by atoms with van der Waals surface area (Å²) in [5.74, 6) is -0.866. The fourth-order valence-electron chi connectivity index (χ4n) is 2.34. The zero-order chi connectivity index (χ0) is 13.6. The molecule has 2 fully saturated rings. The number of carbonyl (C=O) groups excluding carboxylic acids is 1. The van der Waals surface area contributed by atoms with E-state index in [0.29, 0.717) is 19.7 Å². The monoisotopic (exact) mass is 257 g/mol. The van der Waals surface area contributed by atoms with Crippen molar-refractivity contribution in [2.75, 3.05) is 19.7 Å². The maximum atomic E-state index is 11.7. The van der Waals surface area contributed by atoms with Crippen molar-refractivity contribution in [3.8, 4) is 0 Å². The summed E-state index contributed by atoms with van der Waals surface area (Å²) in [6.45, 7) is 7.05. The van der Waals surface area contributed by atoms with Gasteiger partial charge in [0, 0.05) is 13.1 Å². The van der Waals surface area contributed by atoms with Crippen LogP contribution < -0.4 is 0 Å². The van der Waals surface area contributed by atoms with Crippen molar-refractivity contribution in [1.82, 2.24) is 4.90 Å². The van der Waals surface area contributed by atoms with Crippen LogP contribution in [-0.2, 0) is 14.3 Å². The predicted molar refractivity (Wildman–Crippen MR) is 62.2 cm³/mol. The van der Waals surface area contributed by atoms with E-state index in [-0.39, 0.29) is 24.0 Å². The second kappa shape index (κ2) is 4.12. The predicted octanol–water partition coefficient (Wildman–Crippen LogP) is 1.10. The van der Waals surface area contributed by atoms with Crippen LogP contribution in [0.1, 0.15) is 27.2 Å². The van der Waals surface area contributed by atoms with Gasteiger partial charge in [0.1, 0.15) is 5.60 Å². The SMILES string of the molecule is CC(C)(C)OC(=O)N1CC2(CO[C@@H]2CC(=O)O)C1. The number of hydrogen-bond donors (Lipinski definition) is 1. The third kappa shape index (κ3) is 2.43. The number of hydrogen-bond acceptors (Lipinski definition) is 4. The number of carbonyl (C=O) groups is 2. The number of aliphatic carboxylic acids is 1. The number of carboxylic acid groups (broad SMARTS) is 1. The fraction of sp³-hybridized carbons (Fsp3) is 0.833. The van der Waals surface area contributed by atoms with Crippen molar-refractivity contribution in [3.05, 3.63) is 0 Å². The molecule has 2 aliphatic rings. The molecule has 102 valence electrons. The van der Waals surface area contributed by atoms with Crippen LogP contribution in [0, 0.1) is 5.41 Å². The summed E-state index contributed by atoms with van der Waals surface area (Å²) in [5.41, 5.74) is -0.661. The number of carboxylic acids is 1. The second-order valence-electron chi connectivity index (χ2n) is 6.10. The molecule has 0 saturated carbocycles. The van der Waals surface area contributed by atoms with Crippen LogP contribution in [0.3, 0.4) is 0 Å². The first-order valence-corrected chi connectivity index (χ1v) is 6.03. The van der Waals surface area contributed by atoms with Gasteiger partial charge in [-0.3, -0.25) is 4.79 Å². The summed E-state index contributed by atoms with van der Waals surface area (Å²) in [6, 6.07) is 0. The zero-order valence-electron chi connectivity index (χ0n) is 10.9. The van der Waals surface area contributed by atoms with E-state index in [2.05, 4.69) is 0 Å². The molecule has 0 aromatic rings. The van der Waals surface area contributed by atoms with Gasteiger partial charge < -0.3 is 19.5 Å². The number of nitrogens with zero attached hydrogens (tertiary/aromatic N) is 1. The summed E-state index contributed by atoms with van der Waals surface area (Å²) >= 11 is 0. The van der Waals surface area contributed by atoms with Crippen molar-refractivity contribution in [2.45, 2.75) is 38.9 Å². The molecule has 6 heteroatoms. The Morgan fingerprint density at radius 1 is 1.44 bits per heavy atom. The van der Waals surface area contributed by atoms with Gasteiger partial charge in [-0.2, -0.15) is 0 Å². The molecular formula is C12H19NO5. The molecule has 0 radical (unpaired) electrons. The highest BCUT2D eigenvalue weighted by molar-refractivity contribution is 5.70. The fourth-order valence-corrected chi connectivity index (χ4v) is 2.34. The molecule has 2 rings (SSSR count). The average molecular weight is 257 g/mol. The summed E-state index contributed by atoms with van der Waals surface area (Å²) in [7, 11) is 0. The molecule has 0 aromatic carbocycles. The molecule has 2 aliphatic heterocycles. The molecule has 0 aromatic heterocycles. The minimum atomic E-state index is -0.866. The van der Waals surface area contributed by atoms with E-state index in [4.69, 9.17) is 14.6 Å². The maximum Gasteiger partial charge on any atom is 0.410 e. The van der Waals surface area contributed by atoms with Crippen molar-refractivity contribution < 1.29 is 24.2 Å². The average Bonchev–Trinajstić information content (AvgIpc) is 2.07. The largest absolute Gasteiger partial charge is 0.481 e. The van der Waals surface area contributed by atoms with Gasteiger partial charge in [0.2, 0.25) is 0 Å². The quantitative estimate of drug-likeness (QED) is 0.801. The summed E-state index contributed by atoms with van der Waals surface area (Å²) in [6.07, 6.45) is -0.606. The molecule has 0 bridgehead atoms. The van der Waals surface area contributed by atoms with Crippen LogP contribution in [0.25, 0.3) is 0 Å². The van der Waals surface area contributed by atoms with Gasteiger partial charge in [0.15, 0.2) is 0 Å². The van der Waals surface area contributed by atoms with Crippen LogP contribution in [-0.4, -0.2) is 53.5 Å². The molecule has 1 spiro atoms. The molecule has 2 heterocycles. The van der Waals surface area contributed by atoms with Crippen LogP contribution in [0.4, 0.5) is 4.79 Å². The number of likely N-dealkylation sites (tertiary alicyclic amines) is 1. The molecule has 1 amide bonds. The smallest absolute Gasteiger partial charge is 0.410 e. The third-order valence-corrected chi connectivity index (χ3v) is 3.28. The Labute approximate surface area is 106 Å². The lowest BCUT2D eigenvalue weighted by molar-refractivity contribution is -0.242. The van der Waals surface area contributed by atoms with Crippen molar-refractivity contribution in [1.29, 1.82) is 0 Å². The minimum absolute atomic E-state index is 0.00214. The van der Waals surface area contributed by atoms with E-state index in [1.165, 1.54) is 0 Å². The van der Waals surface area contributed by atoms with E-state index in [1.807, 2.05) is 20.8 Å². The van der Waals surface area contributed by atoms with Gasteiger partial charge in [-0.1, -0.05) is 0 Å². The molecule has 0 aliphatic carbocycles. The van der Waals surface area contributed by atoms with Gasteiger partial charge in [-0.05, 0) is 20.8 Å². The standard InChI is InChI=1S/C12H19NO5/c1-11(2,3)18-10(16)13-5-12(6-13)7-17-8(12)4-9(14)15/h8H,4-7H2,1-3H3,(H,14,15)/t8-/m1/s1. The third-order valence-electron chi connectivity index (χ3n) is 3.28. The molecule has 0 unspecified atom stereocenters. The Bertz CT molecular complexity index is 367. The molecular weight excluding hydrogens is 238 g/mol. The molecule has 2 saturated heterocycles. The molecule has 18 heavy (non-hydrogen) atoms. The van der Waals surface area contributed by atoms with E-state index >= 15 is 0 Å². The first kappa shape index (κ1) is 13.1. The highest BCUT2D eigenvalue weighted by Gasteiger charge is 2.58. The Hall–Kier alpha value is -1.30. The normalized spacial score (nSPS) is 25.3. The van der Waals surface area contributed by atoms with Gasteiger partial charge in [0.05, 0.1) is 24.5 Å². The van der Waals surface area contributed by atoms with Crippen molar-refractivity contribution in [2.24, 2.45) is 5.41 Å². The van der Waals surface area contributed by atoms with Crippen LogP contribution in [0.2, 0.25) is 0 Å². The minimum Gasteiger partial charge on any atom is -0.481 e. The Kier molecular flexibility index (Phi) is 3.01.